The normalized spacial score (nSPS) is 20.9. The lowest BCUT2D eigenvalue weighted by atomic mass is 10.0. The highest BCUT2D eigenvalue weighted by Crippen LogP contribution is 2.18. The number of nitrogens with zero attached hydrogens (tertiary/aromatic N) is 3. The molecule has 4 nitrogen and oxygen atoms in total. The molecule has 0 aliphatic carbocycles. The molecule has 0 bridgehead atoms. The summed E-state index contributed by atoms with van der Waals surface area (Å²) in [5.74, 6) is 1.82. The molecule has 0 saturated carbocycles. The summed E-state index contributed by atoms with van der Waals surface area (Å²) < 4.78 is 0. The Balaban J connectivity index is 1.82. The molecule has 1 aliphatic rings. The van der Waals surface area contributed by atoms with Crippen molar-refractivity contribution in [2.45, 2.75) is 45.6 Å². The molecule has 100 valence electrons. The van der Waals surface area contributed by atoms with Crippen molar-refractivity contribution in [3.8, 4) is 0 Å². The zero-order chi connectivity index (χ0) is 13.0. The Morgan fingerprint density at radius 1 is 1.39 bits per heavy atom. The molecule has 1 aliphatic heterocycles. The first-order valence-corrected chi connectivity index (χ1v) is 6.91. The Hall–Kier alpha value is -1.16. The predicted molar refractivity (Wildman–Crippen MR) is 74.9 cm³/mol. The molecule has 0 spiro atoms. The fraction of sp³-hybridized carbons (Fsp3) is 0.714. The third-order valence-corrected chi connectivity index (χ3v) is 3.78. The number of hydrogen-bond acceptors (Lipinski definition) is 4. The summed E-state index contributed by atoms with van der Waals surface area (Å²) in [7, 11) is 2.24. The van der Waals surface area contributed by atoms with Gasteiger partial charge in [-0.15, -0.1) is 0 Å². The first-order chi connectivity index (χ1) is 8.66. The Kier molecular flexibility index (Phi) is 4.53. The zero-order valence-electron chi connectivity index (χ0n) is 11.7. The molecule has 1 saturated heterocycles. The van der Waals surface area contributed by atoms with Crippen LogP contribution in [0, 0.1) is 13.8 Å². The highest BCUT2D eigenvalue weighted by Gasteiger charge is 2.18. The van der Waals surface area contributed by atoms with Crippen LogP contribution in [0.1, 0.15) is 37.1 Å². The highest BCUT2D eigenvalue weighted by molar-refractivity contribution is 5.41. The summed E-state index contributed by atoms with van der Waals surface area (Å²) >= 11 is 0. The van der Waals surface area contributed by atoms with Crippen molar-refractivity contribution in [2.75, 3.05) is 25.5 Å². The van der Waals surface area contributed by atoms with Crippen molar-refractivity contribution < 1.29 is 0 Å². The van der Waals surface area contributed by atoms with Crippen LogP contribution in [0.25, 0.3) is 0 Å². The monoisotopic (exact) mass is 248 g/mol. The van der Waals surface area contributed by atoms with Crippen molar-refractivity contribution in [2.24, 2.45) is 0 Å². The molecule has 1 aromatic heterocycles. The van der Waals surface area contributed by atoms with Gasteiger partial charge < -0.3 is 10.2 Å². The summed E-state index contributed by atoms with van der Waals surface area (Å²) in [5.41, 5.74) is 1.12. The number of piperidine rings is 1. The van der Waals surface area contributed by atoms with Crippen LogP contribution in [0.5, 0.6) is 0 Å². The third-order valence-electron chi connectivity index (χ3n) is 3.78. The molecule has 0 amide bonds. The van der Waals surface area contributed by atoms with Crippen molar-refractivity contribution in [1.29, 1.82) is 0 Å². The molecule has 1 unspecified atom stereocenters. The lowest BCUT2D eigenvalue weighted by molar-refractivity contribution is 0.179. The summed E-state index contributed by atoms with van der Waals surface area (Å²) in [6, 6.07) is 0.731. The van der Waals surface area contributed by atoms with E-state index in [1.165, 1.54) is 32.2 Å². The maximum absolute atomic E-state index is 4.44. The molecular weight excluding hydrogens is 224 g/mol. The van der Waals surface area contributed by atoms with Gasteiger partial charge in [0.2, 0.25) is 0 Å². The van der Waals surface area contributed by atoms with Crippen LogP contribution in [-0.4, -0.2) is 41.0 Å². The Morgan fingerprint density at radius 2 is 2.22 bits per heavy atom. The fourth-order valence-corrected chi connectivity index (χ4v) is 2.58. The number of anilines is 1. The summed E-state index contributed by atoms with van der Waals surface area (Å²) in [6.45, 7) is 6.22. The van der Waals surface area contributed by atoms with Gasteiger partial charge in [0.15, 0.2) is 0 Å². The van der Waals surface area contributed by atoms with Gasteiger partial charge in [-0.2, -0.15) is 0 Å². The van der Waals surface area contributed by atoms with Crippen molar-refractivity contribution in [1.82, 2.24) is 14.9 Å². The van der Waals surface area contributed by atoms with Gasteiger partial charge in [0.1, 0.15) is 11.6 Å². The van der Waals surface area contributed by atoms with Crippen molar-refractivity contribution in [3.63, 3.8) is 0 Å². The minimum atomic E-state index is 0.731. The average Bonchev–Trinajstić information content (AvgIpc) is 2.36. The van der Waals surface area contributed by atoms with Gasteiger partial charge in [0.05, 0.1) is 0 Å². The van der Waals surface area contributed by atoms with Gasteiger partial charge >= 0.3 is 0 Å². The first-order valence-electron chi connectivity index (χ1n) is 6.91. The van der Waals surface area contributed by atoms with Gasteiger partial charge in [0.25, 0.3) is 0 Å². The van der Waals surface area contributed by atoms with Crippen LogP contribution in [-0.2, 0) is 0 Å². The van der Waals surface area contributed by atoms with Crippen LogP contribution in [0.15, 0.2) is 6.20 Å². The van der Waals surface area contributed by atoms with Crippen molar-refractivity contribution in [3.05, 3.63) is 17.6 Å². The van der Waals surface area contributed by atoms with E-state index in [0.29, 0.717) is 0 Å². The molecule has 2 heterocycles. The van der Waals surface area contributed by atoms with Crippen LogP contribution in [0.4, 0.5) is 5.82 Å². The van der Waals surface area contributed by atoms with E-state index in [1.807, 2.05) is 13.1 Å². The largest absolute Gasteiger partial charge is 0.370 e. The number of hydrogen-bond donors (Lipinski definition) is 1. The molecule has 0 radical (unpaired) electrons. The molecule has 1 fully saturated rings. The zero-order valence-corrected chi connectivity index (χ0v) is 11.7. The minimum absolute atomic E-state index is 0.731. The summed E-state index contributed by atoms with van der Waals surface area (Å²) in [4.78, 5) is 11.1. The van der Waals surface area contributed by atoms with E-state index in [1.54, 1.807) is 0 Å². The molecule has 1 atom stereocenters. The quantitative estimate of drug-likeness (QED) is 0.888. The number of likely N-dealkylation sites (tertiary alicyclic amines) is 1. The van der Waals surface area contributed by atoms with Crippen LogP contribution in [0.3, 0.4) is 0 Å². The second-order valence-electron chi connectivity index (χ2n) is 5.29. The SMILES string of the molecule is Cc1ncc(C)c(NCCC2CCCCN2C)n1. The first kappa shape index (κ1) is 13.3. The van der Waals surface area contributed by atoms with Crippen LogP contribution >= 0.6 is 0 Å². The fourth-order valence-electron chi connectivity index (χ4n) is 2.58. The standard InChI is InChI=1S/C14H24N4/c1-11-10-16-12(2)17-14(11)15-8-7-13-6-4-5-9-18(13)3/h10,13H,4-9H2,1-3H3,(H,15,16,17). The second kappa shape index (κ2) is 6.14. The third kappa shape index (κ3) is 3.42. The molecule has 18 heavy (non-hydrogen) atoms. The topological polar surface area (TPSA) is 41.1 Å². The van der Waals surface area contributed by atoms with Crippen LogP contribution in [0.2, 0.25) is 0 Å². The lowest BCUT2D eigenvalue weighted by Crippen LogP contribution is -2.37. The van der Waals surface area contributed by atoms with Gasteiger partial charge in [0, 0.05) is 24.3 Å². The average molecular weight is 248 g/mol. The van der Waals surface area contributed by atoms with Gasteiger partial charge in [-0.25, -0.2) is 9.97 Å². The van der Waals surface area contributed by atoms with Gasteiger partial charge in [-0.3, -0.25) is 0 Å². The second-order valence-corrected chi connectivity index (χ2v) is 5.29. The van der Waals surface area contributed by atoms with E-state index in [0.717, 1.165) is 29.8 Å². The van der Waals surface area contributed by atoms with E-state index in [9.17, 15) is 0 Å². The van der Waals surface area contributed by atoms with Crippen molar-refractivity contribution >= 4 is 5.82 Å². The summed E-state index contributed by atoms with van der Waals surface area (Å²) in [5, 5.41) is 3.44. The summed E-state index contributed by atoms with van der Waals surface area (Å²) in [6.07, 6.45) is 7.14. The highest BCUT2D eigenvalue weighted by atomic mass is 15.1. The molecule has 0 aromatic carbocycles. The van der Waals surface area contributed by atoms with Crippen LogP contribution < -0.4 is 5.32 Å². The van der Waals surface area contributed by atoms with E-state index in [2.05, 4.69) is 34.2 Å². The number of aromatic nitrogens is 2. The van der Waals surface area contributed by atoms with E-state index >= 15 is 0 Å². The predicted octanol–water partition coefficient (Wildman–Crippen LogP) is 2.38. The van der Waals surface area contributed by atoms with E-state index in [-0.39, 0.29) is 0 Å². The maximum atomic E-state index is 4.44. The molecule has 1 N–H and O–H groups in total. The smallest absolute Gasteiger partial charge is 0.132 e. The number of aryl methyl sites for hydroxylation is 2. The van der Waals surface area contributed by atoms with E-state index < -0.39 is 0 Å². The number of nitrogens with one attached hydrogen (secondary N) is 1. The van der Waals surface area contributed by atoms with Gasteiger partial charge in [-0.05, 0) is 46.7 Å². The molecule has 1 aromatic rings. The lowest BCUT2D eigenvalue weighted by Gasteiger charge is -2.32. The maximum Gasteiger partial charge on any atom is 0.132 e. The Bertz CT molecular complexity index is 391. The Morgan fingerprint density at radius 3 is 3.00 bits per heavy atom. The van der Waals surface area contributed by atoms with Gasteiger partial charge in [-0.1, -0.05) is 6.42 Å². The minimum Gasteiger partial charge on any atom is -0.370 e. The molecule has 4 heteroatoms. The van der Waals surface area contributed by atoms with E-state index in [4.69, 9.17) is 0 Å². The Labute approximate surface area is 110 Å². The molecule has 2 rings (SSSR count). The number of rotatable bonds is 4. The molecular formula is C14H24N4.